The van der Waals surface area contributed by atoms with Gasteiger partial charge in [0.15, 0.2) is 0 Å². The van der Waals surface area contributed by atoms with E-state index in [4.69, 9.17) is 4.98 Å². The Hall–Kier alpha value is -2.82. The maximum atomic E-state index is 12.5. The minimum Gasteiger partial charge on any atom is -0.351 e. The summed E-state index contributed by atoms with van der Waals surface area (Å²) in [6.07, 6.45) is 6.48. The highest BCUT2D eigenvalue weighted by Crippen LogP contribution is 2.37. The highest BCUT2D eigenvalue weighted by molar-refractivity contribution is 5.80. The molecule has 5 heteroatoms. The monoisotopic (exact) mass is 388 g/mol. The fraction of sp³-hybridized carbons (Fsp3) is 0.417. The van der Waals surface area contributed by atoms with Crippen LogP contribution in [0.3, 0.4) is 0 Å². The van der Waals surface area contributed by atoms with Gasteiger partial charge in [-0.25, -0.2) is 4.98 Å². The summed E-state index contributed by atoms with van der Waals surface area (Å²) in [5.41, 5.74) is 3.37. The minimum atomic E-state index is 0.104. The molecule has 2 fully saturated rings. The van der Waals surface area contributed by atoms with Crippen LogP contribution in [-0.4, -0.2) is 34.6 Å². The van der Waals surface area contributed by atoms with E-state index >= 15 is 0 Å². The first kappa shape index (κ1) is 18.2. The van der Waals surface area contributed by atoms with Gasteiger partial charge in [-0.1, -0.05) is 55.3 Å². The third-order valence-electron chi connectivity index (χ3n) is 6.31. The smallest absolute Gasteiger partial charge is 0.224 e. The van der Waals surface area contributed by atoms with Crippen molar-refractivity contribution in [3.05, 3.63) is 60.2 Å². The first-order valence-electron chi connectivity index (χ1n) is 10.8. The number of carbonyl (C=O) groups is 1. The molecule has 0 bridgehead atoms. The number of hydrogen-bond donors (Lipinski definition) is 1. The summed E-state index contributed by atoms with van der Waals surface area (Å²) in [6.45, 7) is 1.77. The van der Waals surface area contributed by atoms with Gasteiger partial charge in [0.1, 0.15) is 0 Å². The zero-order valence-corrected chi connectivity index (χ0v) is 16.8. The van der Waals surface area contributed by atoms with Crippen LogP contribution in [0.1, 0.15) is 43.7 Å². The van der Waals surface area contributed by atoms with Crippen molar-refractivity contribution in [1.82, 2.24) is 14.9 Å². The number of nitrogens with zero attached hydrogens (tertiary/aromatic N) is 3. The summed E-state index contributed by atoms with van der Waals surface area (Å²) in [6, 6.07) is 19.2. The van der Waals surface area contributed by atoms with Gasteiger partial charge in [-0.05, 0) is 37.0 Å². The van der Waals surface area contributed by atoms with Gasteiger partial charge in [-0.15, -0.1) is 0 Å². The SMILES string of the molecule is O=C(Cc1ccccc1)N[C@H]1CCN(c2nc3ccccc3n2C2CCCC2)C1. The molecule has 1 saturated carbocycles. The average molecular weight is 389 g/mol. The van der Waals surface area contributed by atoms with Gasteiger partial charge in [-0.2, -0.15) is 0 Å². The molecule has 150 valence electrons. The van der Waals surface area contributed by atoms with Gasteiger partial charge in [0.25, 0.3) is 0 Å². The molecule has 1 N–H and O–H groups in total. The predicted molar refractivity (Wildman–Crippen MR) is 116 cm³/mol. The Morgan fingerprint density at radius 2 is 1.76 bits per heavy atom. The van der Waals surface area contributed by atoms with Crippen LogP contribution in [0.4, 0.5) is 5.95 Å². The highest BCUT2D eigenvalue weighted by atomic mass is 16.1. The van der Waals surface area contributed by atoms with E-state index < -0.39 is 0 Å². The van der Waals surface area contributed by atoms with Crippen LogP contribution < -0.4 is 10.2 Å². The second-order valence-electron chi connectivity index (χ2n) is 8.37. The van der Waals surface area contributed by atoms with Crippen molar-refractivity contribution in [2.45, 2.75) is 50.6 Å². The number of nitrogens with one attached hydrogen (secondary N) is 1. The van der Waals surface area contributed by atoms with E-state index in [-0.39, 0.29) is 11.9 Å². The second-order valence-corrected chi connectivity index (χ2v) is 8.37. The summed E-state index contributed by atoms with van der Waals surface area (Å²) in [4.78, 5) is 19.8. The zero-order chi connectivity index (χ0) is 19.6. The number of fused-ring (bicyclic) bond motifs is 1. The van der Waals surface area contributed by atoms with Crippen molar-refractivity contribution in [3.63, 3.8) is 0 Å². The van der Waals surface area contributed by atoms with E-state index in [0.29, 0.717) is 12.5 Å². The summed E-state index contributed by atoms with van der Waals surface area (Å²) in [5, 5.41) is 3.23. The van der Waals surface area contributed by atoms with Gasteiger partial charge in [0.05, 0.1) is 17.5 Å². The van der Waals surface area contributed by atoms with Crippen LogP contribution in [-0.2, 0) is 11.2 Å². The topological polar surface area (TPSA) is 50.2 Å². The van der Waals surface area contributed by atoms with Crippen molar-refractivity contribution >= 4 is 22.9 Å². The van der Waals surface area contributed by atoms with E-state index in [9.17, 15) is 4.79 Å². The Kier molecular flexibility index (Phi) is 4.96. The van der Waals surface area contributed by atoms with Gasteiger partial charge in [0, 0.05) is 25.2 Å². The molecule has 2 aliphatic rings. The van der Waals surface area contributed by atoms with Crippen molar-refractivity contribution < 1.29 is 4.79 Å². The van der Waals surface area contributed by atoms with Crippen molar-refractivity contribution in [1.29, 1.82) is 0 Å². The molecule has 3 aromatic rings. The molecule has 1 aromatic heterocycles. The molecule has 1 aliphatic heterocycles. The van der Waals surface area contributed by atoms with Crippen LogP contribution in [0.25, 0.3) is 11.0 Å². The standard InChI is InChI=1S/C24H28N4O/c29-23(16-18-8-2-1-3-9-18)25-19-14-15-27(17-19)24-26-21-12-6-7-13-22(21)28(24)20-10-4-5-11-20/h1-3,6-9,12-13,19-20H,4-5,10-11,14-17H2,(H,25,29)/t19-/m0/s1. The lowest BCUT2D eigenvalue weighted by Gasteiger charge is -2.23. The van der Waals surface area contributed by atoms with E-state index in [1.54, 1.807) is 0 Å². The summed E-state index contributed by atoms with van der Waals surface area (Å²) in [5.74, 6) is 1.19. The van der Waals surface area contributed by atoms with Gasteiger partial charge >= 0.3 is 0 Å². The number of anilines is 1. The fourth-order valence-electron chi connectivity index (χ4n) is 4.90. The van der Waals surface area contributed by atoms with Gasteiger partial charge in [0.2, 0.25) is 11.9 Å². The first-order chi connectivity index (χ1) is 14.3. The van der Waals surface area contributed by atoms with Gasteiger partial charge < -0.3 is 14.8 Å². The van der Waals surface area contributed by atoms with Crippen molar-refractivity contribution in [2.75, 3.05) is 18.0 Å². The molecule has 1 atom stereocenters. The Balaban J connectivity index is 1.31. The summed E-state index contributed by atoms with van der Waals surface area (Å²) in [7, 11) is 0. The number of rotatable bonds is 5. The van der Waals surface area contributed by atoms with Crippen molar-refractivity contribution in [2.24, 2.45) is 0 Å². The fourth-order valence-corrected chi connectivity index (χ4v) is 4.90. The van der Waals surface area contributed by atoms with Crippen LogP contribution in [0.5, 0.6) is 0 Å². The highest BCUT2D eigenvalue weighted by Gasteiger charge is 2.30. The van der Waals surface area contributed by atoms with E-state index in [1.165, 1.54) is 31.2 Å². The summed E-state index contributed by atoms with van der Waals surface area (Å²) < 4.78 is 2.47. The molecule has 2 aromatic carbocycles. The number of benzene rings is 2. The molecule has 1 amide bonds. The largest absolute Gasteiger partial charge is 0.351 e. The number of hydrogen-bond acceptors (Lipinski definition) is 3. The zero-order valence-electron chi connectivity index (χ0n) is 16.8. The maximum Gasteiger partial charge on any atom is 0.224 e. The second kappa shape index (κ2) is 7.90. The molecule has 0 spiro atoms. The Labute approximate surface area is 171 Å². The third-order valence-corrected chi connectivity index (χ3v) is 6.31. The molecule has 5 rings (SSSR count). The molecule has 5 nitrogen and oxygen atoms in total. The molecule has 1 aliphatic carbocycles. The predicted octanol–water partition coefficient (Wildman–Crippen LogP) is 4.09. The van der Waals surface area contributed by atoms with E-state index in [0.717, 1.165) is 36.5 Å². The molecular formula is C24H28N4O. The Morgan fingerprint density at radius 3 is 2.59 bits per heavy atom. The number of imidazole rings is 1. The van der Waals surface area contributed by atoms with E-state index in [1.807, 2.05) is 30.3 Å². The van der Waals surface area contributed by atoms with Gasteiger partial charge in [-0.3, -0.25) is 4.79 Å². The first-order valence-corrected chi connectivity index (χ1v) is 10.8. The van der Waals surface area contributed by atoms with E-state index in [2.05, 4.69) is 39.0 Å². The number of aromatic nitrogens is 2. The number of para-hydroxylation sites is 2. The summed E-state index contributed by atoms with van der Waals surface area (Å²) >= 11 is 0. The average Bonchev–Trinajstić information content (AvgIpc) is 3.47. The normalized spacial score (nSPS) is 19.9. The Bertz CT molecular complexity index is 991. The number of carbonyl (C=O) groups excluding carboxylic acids is 1. The molecule has 2 heterocycles. The van der Waals surface area contributed by atoms with Crippen LogP contribution >= 0.6 is 0 Å². The van der Waals surface area contributed by atoms with Crippen LogP contribution in [0.15, 0.2) is 54.6 Å². The van der Waals surface area contributed by atoms with Crippen LogP contribution in [0.2, 0.25) is 0 Å². The Morgan fingerprint density at radius 1 is 1.00 bits per heavy atom. The quantitative estimate of drug-likeness (QED) is 0.716. The van der Waals surface area contributed by atoms with Crippen LogP contribution in [0, 0.1) is 0 Å². The third kappa shape index (κ3) is 3.74. The minimum absolute atomic E-state index is 0.104. The maximum absolute atomic E-state index is 12.5. The molecule has 29 heavy (non-hydrogen) atoms. The molecule has 0 unspecified atom stereocenters. The lowest BCUT2D eigenvalue weighted by Crippen LogP contribution is -2.38. The lowest BCUT2D eigenvalue weighted by molar-refractivity contribution is -0.121. The van der Waals surface area contributed by atoms with Crippen molar-refractivity contribution in [3.8, 4) is 0 Å². The lowest BCUT2D eigenvalue weighted by atomic mass is 10.1. The molecule has 1 saturated heterocycles. The molecular weight excluding hydrogens is 360 g/mol. The number of amides is 1. The molecule has 0 radical (unpaired) electrons.